The van der Waals surface area contributed by atoms with E-state index in [1.807, 2.05) is 0 Å². The van der Waals surface area contributed by atoms with Crippen molar-refractivity contribution in [1.29, 1.82) is 0 Å². The molecule has 0 amide bonds. The number of benzene rings is 9. The molecule has 0 bridgehead atoms. The summed E-state index contributed by atoms with van der Waals surface area (Å²) >= 11 is 0. The standard InChI is InChI=1S/C49H32N2/c1-2-14-33(15-3-1)37-18-12-19-38(32-37)48-42-23-8-6-21-40(42)47(41-22-7-9-24-43(41)48)35-28-30-36(31-29-35)49-50-44-25-10-11-26-46(44)51(49)45-27-13-17-34-16-4-5-20-39(34)45/h1-32H. The normalized spacial score (nSPS) is 11.5. The van der Waals surface area contributed by atoms with Crippen molar-refractivity contribution in [3.8, 4) is 50.5 Å². The molecule has 0 radical (unpaired) electrons. The predicted octanol–water partition coefficient (Wildman–Crippen LogP) is 13.2. The summed E-state index contributed by atoms with van der Waals surface area (Å²) < 4.78 is 2.32. The molecule has 0 saturated carbocycles. The highest BCUT2D eigenvalue weighted by atomic mass is 15.1. The molecule has 1 aromatic heterocycles. The Hall–Kier alpha value is -6.77. The number of hydrogen-bond donors (Lipinski definition) is 0. The zero-order valence-corrected chi connectivity index (χ0v) is 27.9. The van der Waals surface area contributed by atoms with E-state index in [9.17, 15) is 0 Å². The van der Waals surface area contributed by atoms with Gasteiger partial charge >= 0.3 is 0 Å². The first kappa shape index (κ1) is 29.2. The molecule has 0 saturated heterocycles. The maximum absolute atomic E-state index is 5.21. The zero-order chi connectivity index (χ0) is 33.7. The molecule has 1 heterocycles. The second-order valence-corrected chi connectivity index (χ2v) is 13.1. The molecule has 0 aliphatic rings. The molecule has 0 aliphatic heterocycles. The van der Waals surface area contributed by atoms with E-state index in [1.54, 1.807) is 0 Å². The van der Waals surface area contributed by atoms with Gasteiger partial charge in [0, 0.05) is 10.9 Å². The summed E-state index contributed by atoms with van der Waals surface area (Å²) in [6, 6.07) is 69.8. The summed E-state index contributed by atoms with van der Waals surface area (Å²) in [7, 11) is 0. The number of para-hydroxylation sites is 2. The minimum absolute atomic E-state index is 0.933. The fourth-order valence-corrected chi connectivity index (χ4v) is 7.89. The topological polar surface area (TPSA) is 17.8 Å². The molecule has 0 N–H and O–H groups in total. The van der Waals surface area contributed by atoms with E-state index < -0.39 is 0 Å². The summed E-state index contributed by atoms with van der Waals surface area (Å²) in [5, 5.41) is 7.40. The summed E-state index contributed by atoms with van der Waals surface area (Å²) in [6.07, 6.45) is 0. The first-order chi connectivity index (χ1) is 25.3. The Kier molecular flexibility index (Phi) is 6.85. The quantitative estimate of drug-likeness (QED) is 0.170. The maximum atomic E-state index is 5.21. The monoisotopic (exact) mass is 648 g/mol. The van der Waals surface area contributed by atoms with Gasteiger partial charge in [-0.15, -0.1) is 0 Å². The van der Waals surface area contributed by atoms with Crippen LogP contribution in [0.2, 0.25) is 0 Å². The van der Waals surface area contributed by atoms with Crippen molar-refractivity contribution < 1.29 is 0 Å². The van der Waals surface area contributed by atoms with E-state index in [4.69, 9.17) is 4.98 Å². The van der Waals surface area contributed by atoms with Gasteiger partial charge in [0.2, 0.25) is 0 Å². The van der Waals surface area contributed by atoms with Gasteiger partial charge in [-0.2, -0.15) is 0 Å². The first-order valence-electron chi connectivity index (χ1n) is 17.5. The molecule has 51 heavy (non-hydrogen) atoms. The van der Waals surface area contributed by atoms with Crippen molar-refractivity contribution in [2.75, 3.05) is 0 Å². The van der Waals surface area contributed by atoms with Crippen molar-refractivity contribution in [3.63, 3.8) is 0 Å². The number of fused-ring (bicyclic) bond motifs is 4. The van der Waals surface area contributed by atoms with Crippen LogP contribution < -0.4 is 0 Å². The lowest BCUT2D eigenvalue weighted by Gasteiger charge is -2.18. The Labute approximate surface area is 296 Å². The van der Waals surface area contributed by atoms with Crippen LogP contribution in [0.4, 0.5) is 0 Å². The number of imidazole rings is 1. The molecule has 9 aromatic carbocycles. The fourth-order valence-electron chi connectivity index (χ4n) is 7.89. The Morgan fingerprint density at radius 2 is 0.843 bits per heavy atom. The van der Waals surface area contributed by atoms with Crippen molar-refractivity contribution in [1.82, 2.24) is 9.55 Å². The molecule has 0 fully saturated rings. The lowest BCUT2D eigenvalue weighted by atomic mass is 9.85. The third kappa shape index (κ3) is 4.84. The van der Waals surface area contributed by atoms with Gasteiger partial charge < -0.3 is 0 Å². The van der Waals surface area contributed by atoms with E-state index in [-0.39, 0.29) is 0 Å². The first-order valence-corrected chi connectivity index (χ1v) is 17.5. The van der Waals surface area contributed by atoms with Gasteiger partial charge in [-0.3, -0.25) is 4.57 Å². The van der Waals surface area contributed by atoms with Crippen LogP contribution in [0.25, 0.3) is 93.8 Å². The van der Waals surface area contributed by atoms with Gasteiger partial charge in [-0.1, -0.05) is 170 Å². The second-order valence-electron chi connectivity index (χ2n) is 13.1. The number of nitrogens with zero attached hydrogens (tertiary/aromatic N) is 2. The Bertz CT molecular complexity index is 2840. The fraction of sp³-hybridized carbons (Fsp3) is 0. The van der Waals surface area contributed by atoms with E-state index in [2.05, 4.69) is 199 Å². The van der Waals surface area contributed by atoms with E-state index in [0.717, 1.165) is 28.1 Å². The molecule has 2 heteroatoms. The van der Waals surface area contributed by atoms with Crippen LogP contribution in [0.1, 0.15) is 0 Å². The minimum Gasteiger partial charge on any atom is -0.292 e. The minimum atomic E-state index is 0.933. The van der Waals surface area contributed by atoms with Crippen LogP contribution in [0.5, 0.6) is 0 Å². The summed E-state index contributed by atoms with van der Waals surface area (Å²) in [5.74, 6) is 0.933. The predicted molar refractivity (Wildman–Crippen MR) is 215 cm³/mol. The Morgan fingerprint density at radius 1 is 0.333 bits per heavy atom. The molecule has 238 valence electrons. The maximum Gasteiger partial charge on any atom is 0.145 e. The smallest absolute Gasteiger partial charge is 0.145 e. The molecule has 10 aromatic rings. The largest absolute Gasteiger partial charge is 0.292 e. The van der Waals surface area contributed by atoms with Crippen LogP contribution in [0, 0.1) is 0 Å². The van der Waals surface area contributed by atoms with Gasteiger partial charge in [0.05, 0.1) is 16.7 Å². The number of rotatable bonds is 5. The van der Waals surface area contributed by atoms with Crippen LogP contribution in [-0.2, 0) is 0 Å². The highest BCUT2D eigenvalue weighted by molar-refractivity contribution is 6.21. The van der Waals surface area contributed by atoms with Crippen molar-refractivity contribution in [3.05, 3.63) is 194 Å². The molecule has 0 spiro atoms. The average molecular weight is 649 g/mol. The van der Waals surface area contributed by atoms with Crippen LogP contribution >= 0.6 is 0 Å². The van der Waals surface area contributed by atoms with Crippen molar-refractivity contribution in [2.24, 2.45) is 0 Å². The Balaban J connectivity index is 1.15. The lowest BCUT2D eigenvalue weighted by molar-refractivity contribution is 1.11. The average Bonchev–Trinajstić information content (AvgIpc) is 3.59. The van der Waals surface area contributed by atoms with Gasteiger partial charge in [-0.25, -0.2) is 4.98 Å². The SMILES string of the molecule is c1ccc(-c2cccc(-c3c4ccccc4c(-c4ccc(-c5nc6ccccc6n5-c5cccc6ccccc56)cc4)c4ccccc34)c2)cc1. The third-order valence-electron chi connectivity index (χ3n) is 10.2. The van der Waals surface area contributed by atoms with E-state index >= 15 is 0 Å². The molecular weight excluding hydrogens is 617 g/mol. The number of hydrogen-bond acceptors (Lipinski definition) is 1. The van der Waals surface area contributed by atoms with Gasteiger partial charge in [0.15, 0.2) is 0 Å². The molecular formula is C49H32N2. The molecule has 0 aliphatic carbocycles. The molecule has 0 atom stereocenters. The summed E-state index contributed by atoms with van der Waals surface area (Å²) in [4.78, 5) is 5.21. The van der Waals surface area contributed by atoms with Gasteiger partial charge in [0.1, 0.15) is 5.82 Å². The van der Waals surface area contributed by atoms with Gasteiger partial charge in [0.25, 0.3) is 0 Å². The highest BCUT2D eigenvalue weighted by Crippen LogP contribution is 2.44. The van der Waals surface area contributed by atoms with Gasteiger partial charge in [-0.05, 0) is 84.6 Å². The molecule has 2 nitrogen and oxygen atoms in total. The third-order valence-corrected chi connectivity index (χ3v) is 10.2. The molecule has 10 rings (SSSR count). The lowest BCUT2D eigenvalue weighted by Crippen LogP contribution is -1.98. The second kappa shape index (κ2) is 12.0. The van der Waals surface area contributed by atoms with E-state index in [1.165, 1.54) is 65.7 Å². The van der Waals surface area contributed by atoms with Crippen LogP contribution in [-0.4, -0.2) is 9.55 Å². The summed E-state index contributed by atoms with van der Waals surface area (Å²) in [5.41, 5.74) is 11.6. The van der Waals surface area contributed by atoms with Crippen LogP contribution in [0.3, 0.4) is 0 Å². The highest BCUT2D eigenvalue weighted by Gasteiger charge is 2.19. The molecule has 0 unspecified atom stereocenters. The van der Waals surface area contributed by atoms with Crippen molar-refractivity contribution in [2.45, 2.75) is 0 Å². The summed E-state index contributed by atoms with van der Waals surface area (Å²) in [6.45, 7) is 0. The van der Waals surface area contributed by atoms with Crippen LogP contribution in [0.15, 0.2) is 194 Å². The van der Waals surface area contributed by atoms with E-state index in [0.29, 0.717) is 0 Å². The van der Waals surface area contributed by atoms with Crippen molar-refractivity contribution >= 4 is 43.4 Å². The number of aromatic nitrogens is 2. The Morgan fingerprint density at radius 3 is 1.57 bits per heavy atom. The zero-order valence-electron chi connectivity index (χ0n) is 27.9.